The molecule has 1 unspecified atom stereocenters. The topological polar surface area (TPSA) is 29.3 Å². The molecular formula is C17H32N2. The lowest BCUT2D eigenvalue weighted by Crippen LogP contribution is -2.60. The molecule has 0 radical (unpaired) electrons. The van der Waals surface area contributed by atoms with Gasteiger partial charge in [0.2, 0.25) is 0 Å². The van der Waals surface area contributed by atoms with Crippen molar-refractivity contribution in [3.63, 3.8) is 0 Å². The van der Waals surface area contributed by atoms with Crippen LogP contribution < -0.4 is 5.73 Å². The van der Waals surface area contributed by atoms with E-state index in [0.717, 1.165) is 5.92 Å². The van der Waals surface area contributed by atoms with Gasteiger partial charge < -0.3 is 5.73 Å². The summed E-state index contributed by atoms with van der Waals surface area (Å²) in [4.78, 5) is 2.80. The summed E-state index contributed by atoms with van der Waals surface area (Å²) in [5, 5.41) is 0. The van der Waals surface area contributed by atoms with Gasteiger partial charge in [-0.3, -0.25) is 4.90 Å². The van der Waals surface area contributed by atoms with Gasteiger partial charge in [-0.05, 0) is 57.5 Å². The minimum Gasteiger partial charge on any atom is -0.326 e. The Hall–Kier alpha value is -0.0800. The van der Waals surface area contributed by atoms with E-state index in [2.05, 4.69) is 4.90 Å². The van der Waals surface area contributed by atoms with Crippen LogP contribution in [0.5, 0.6) is 0 Å². The van der Waals surface area contributed by atoms with Crippen LogP contribution in [0, 0.1) is 5.92 Å². The molecule has 110 valence electrons. The molecule has 0 aromatic heterocycles. The molecule has 19 heavy (non-hydrogen) atoms. The Morgan fingerprint density at radius 2 is 1.37 bits per heavy atom. The number of hydrogen-bond donors (Lipinski definition) is 1. The van der Waals surface area contributed by atoms with Crippen molar-refractivity contribution in [2.75, 3.05) is 13.1 Å². The molecule has 2 heteroatoms. The molecule has 1 aliphatic heterocycles. The second-order valence-electron chi connectivity index (χ2n) is 7.28. The Morgan fingerprint density at radius 3 is 1.95 bits per heavy atom. The summed E-state index contributed by atoms with van der Waals surface area (Å²) in [6.45, 7) is 2.64. The van der Waals surface area contributed by atoms with Crippen LogP contribution in [0.3, 0.4) is 0 Å². The van der Waals surface area contributed by atoms with Crippen LogP contribution in [-0.2, 0) is 0 Å². The van der Waals surface area contributed by atoms with E-state index >= 15 is 0 Å². The Morgan fingerprint density at radius 1 is 0.789 bits per heavy atom. The lowest BCUT2D eigenvalue weighted by molar-refractivity contribution is 0.0641. The second-order valence-corrected chi connectivity index (χ2v) is 7.28. The molecule has 1 saturated heterocycles. The average molecular weight is 264 g/mol. The van der Waals surface area contributed by atoms with Crippen molar-refractivity contribution in [3.8, 4) is 0 Å². The fourth-order valence-corrected chi connectivity index (χ4v) is 5.12. The number of nitrogens with zero attached hydrogens (tertiary/aromatic N) is 1. The van der Waals surface area contributed by atoms with Gasteiger partial charge in [0.05, 0.1) is 0 Å². The van der Waals surface area contributed by atoms with Crippen molar-refractivity contribution in [2.45, 2.75) is 88.6 Å². The zero-order chi connectivity index (χ0) is 13.1. The molecule has 3 fully saturated rings. The fraction of sp³-hybridized carbons (Fsp3) is 1.00. The molecule has 2 saturated carbocycles. The molecular weight excluding hydrogens is 232 g/mol. The van der Waals surface area contributed by atoms with Crippen molar-refractivity contribution >= 4 is 0 Å². The molecule has 3 rings (SSSR count). The highest BCUT2D eigenvalue weighted by molar-refractivity contribution is 5.05. The predicted molar refractivity (Wildman–Crippen MR) is 81.2 cm³/mol. The fourth-order valence-electron chi connectivity index (χ4n) is 5.12. The van der Waals surface area contributed by atoms with Gasteiger partial charge in [0, 0.05) is 11.6 Å². The van der Waals surface area contributed by atoms with Crippen LogP contribution in [0.15, 0.2) is 0 Å². The van der Waals surface area contributed by atoms with Crippen molar-refractivity contribution in [2.24, 2.45) is 11.7 Å². The summed E-state index contributed by atoms with van der Waals surface area (Å²) in [5.41, 5.74) is 7.29. The Kier molecular flexibility index (Phi) is 4.48. The third-order valence-corrected chi connectivity index (χ3v) is 6.23. The average Bonchev–Trinajstić information content (AvgIpc) is 3.05. The minimum atomic E-state index is 0.394. The molecule has 2 nitrogen and oxygen atoms in total. The van der Waals surface area contributed by atoms with Gasteiger partial charge in [-0.2, -0.15) is 0 Å². The Bertz CT molecular complexity index is 269. The number of likely N-dealkylation sites (tertiary alicyclic amines) is 1. The summed E-state index contributed by atoms with van der Waals surface area (Å²) in [6, 6.07) is 0.450. The summed E-state index contributed by atoms with van der Waals surface area (Å²) in [7, 11) is 0. The molecule has 0 amide bonds. The maximum atomic E-state index is 6.90. The van der Waals surface area contributed by atoms with Crippen molar-refractivity contribution in [3.05, 3.63) is 0 Å². The number of nitrogens with two attached hydrogens (primary N) is 1. The molecule has 0 aromatic rings. The van der Waals surface area contributed by atoms with Crippen LogP contribution in [0.2, 0.25) is 0 Å². The van der Waals surface area contributed by atoms with E-state index in [1.54, 1.807) is 0 Å². The first-order valence-electron chi connectivity index (χ1n) is 8.84. The minimum absolute atomic E-state index is 0.394. The molecule has 0 aromatic carbocycles. The first-order valence-corrected chi connectivity index (χ1v) is 8.84. The lowest BCUT2D eigenvalue weighted by Gasteiger charge is -2.46. The van der Waals surface area contributed by atoms with Crippen molar-refractivity contribution in [1.29, 1.82) is 0 Å². The quantitative estimate of drug-likeness (QED) is 0.788. The predicted octanol–water partition coefficient (Wildman–Crippen LogP) is 3.69. The molecule has 1 heterocycles. The van der Waals surface area contributed by atoms with Crippen LogP contribution >= 0.6 is 0 Å². The maximum absolute atomic E-state index is 6.90. The highest BCUT2D eigenvalue weighted by Gasteiger charge is 2.47. The molecule has 0 spiro atoms. The van der Waals surface area contributed by atoms with E-state index in [9.17, 15) is 0 Å². The maximum Gasteiger partial charge on any atom is 0.0363 e. The normalized spacial score (nSPS) is 31.4. The summed E-state index contributed by atoms with van der Waals surface area (Å²) < 4.78 is 0. The summed E-state index contributed by atoms with van der Waals surface area (Å²) in [5.74, 6) is 0.807. The van der Waals surface area contributed by atoms with Gasteiger partial charge in [0.1, 0.15) is 0 Å². The van der Waals surface area contributed by atoms with E-state index in [1.807, 2.05) is 0 Å². The second kappa shape index (κ2) is 6.13. The van der Waals surface area contributed by atoms with Gasteiger partial charge in [0.25, 0.3) is 0 Å². The molecule has 3 aliphatic rings. The van der Waals surface area contributed by atoms with E-state index in [-0.39, 0.29) is 0 Å². The smallest absolute Gasteiger partial charge is 0.0363 e. The van der Waals surface area contributed by atoms with E-state index < -0.39 is 0 Å². The standard InChI is InChI=1S/C17H32N2/c18-16(15-9-3-1-2-4-10-15)17(11-5-6-12-17)19-13-7-8-14-19/h15-16H,1-14,18H2. The first-order chi connectivity index (χ1) is 9.33. The van der Waals surface area contributed by atoms with E-state index in [1.165, 1.54) is 90.1 Å². The summed E-state index contributed by atoms with van der Waals surface area (Å²) in [6.07, 6.45) is 16.9. The third-order valence-electron chi connectivity index (χ3n) is 6.23. The summed E-state index contributed by atoms with van der Waals surface area (Å²) >= 11 is 0. The lowest BCUT2D eigenvalue weighted by atomic mass is 9.76. The van der Waals surface area contributed by atoms with Gasteiger partial charge in [0.15, 0.2) is 0 Å². The number of rotatable bonds is 3. The monoisotopic (exact) mass is 264 g/mol. The van der Waals surface area contributed by atoms with Crippen LogP contribution in [0.1, 0.15) is 77.0 Å². The first kappa shape index (κ1) is 13.9. The highest BCUT2D eigenvalue weighted by atomic mass is 15.2. The van der Waals surface area contributed by atoms with Gasteiger partial charge in [-0.25, -0.2) is 0 Å². The third kappa shape index (κ3) is 2.71. The van der Waals surface area contributed by atoms with Crippen LogP contribution in [0.25, 0.3) is 0 Å². The van der Waals surface area contributed by atoms with E-state index in [0.29, 0.717) is 11.6 Å². The highest BCUT2D eigenvalue weighted by Crippen LogP contribution is 2.43. The Balaban J connectivity index is 1.74. The molecule has 2 N–H and O–H groups in total. The SMILES string of the molecule is NC(C1CCCCCC1)C1(N2CCCC2)CCCC1. The van der Waals surface area contributed by atoms with Crippen molar-refractivity contribution < 1.29 is 0 Å². The van der Waals surface area contributed by atoms with Crippen molar-refractivity contribution in [1.82, 2.24) is 4.90 Å². The zero-order valence-electron chi connectivity index (χ0n) is 12.6. The molecule has 1 atom stereocenters. The van der Waals surface area contributed by atoms with Crippen LogP contribution in [0.4, 0.5) is 0 Å². The number of hydrogen-bond acceptors (Lipinski definition) is 2. The van der Waals surface area contributed by atoms with Crippen LogP contribution in [-0.4, -0.2) is 29.6 Å². The molecule has 2 aliphatic carbocycles. The largest absolute Gasteiger partial charge is 0.326 e. The van der Waals surface area contributed by atoms with Gasteiger partial charge >= 0.3 is 0 Å². The van der Waals surface area contributed by atoms with Gasteiger partial charge in [-0.15, -0.1) is 0 Å². The van der Waals surface area contributed by atoms with Gasteiger partial charge in [-0.1, -0.05) is 38.5 Å². The van der Waals surface area contributed by atoms with E-state index in [4.69, 9.17) is 5.73 Å². The zero-order valence-corrected chi connectivity index (χ0v) is 12.6. The Labute approximate surface area is 119 Å². The molecule has 0 bridgehead atoms.